The van der Waals surface area contributed by atoms with Crippen LogP contribution in [-0.2, 0) is 0 Å². The van der Waals surface area contributed by atoms with Crippen molar-refractivity contribution < 1.29 is 9.25 Å². The number of pyridine rings is 1. The van der Waals surface area contributed by atoms with E-state index in [0.717, 1.165) is 36.2 Å². The second-order valence-corrected chi connectivity index (χ2v) is 6.59. The summed E-state index contributed by atoms with van der Waals surface area (Å²) in [6, 6.07) is 5.67. The first kappa shape index (κ1) is 17.0. The second-order valence-electron chi connectivity index (χ2n) is 6.59. The summed E-state index contributed by atoms with van der Waals surface area (Å²) in [6.45, 7) is 0. The molecule has 0 radical (unpaired) electrons. The van der Waals surface area contributed by atoms with Gasteiger partial charge in [0.2, 0.25) is 12.0 Å². The number of aromatic nitrogens is 4. The zero-order chi connectivity index (χ0) is 18.6. The Kier molecular flexibility index (Phi) is 4.69. The molecule has 4 rings (SSSR count). The van der Waals surface area contributed by atoms with Crippen LogP contribution in [0.5, 0.6) is 5.75 Å². The lowest BCUT2D eigenvalue weighted by molar-refractivity contribution is -0.576. The number of fused-ring (bicyclic) bond motifs is 1. The Bertz CT molecular complexity index is 980. The molecule has 3 aromatic rings. The minimum atomic E-state index is 0.135. The van der Waals surface area contributed by atoms with Crippen molar-refractivity contribution in [2.45, 2.75) is 25.4 Å². The number of hydrogen-bond donors (Lipinski definition) is 3. The molecule has 1 fully saturated rings. The summed E-state index contributed by atoms with van der Waals surface area (Å²) in [5.41, 5.74) is 13.9. The molecule has 1 aliphatic carbocycles. The van der Waals surface area contributed by atoms with Crippen molar-refractivity contribution >= 4 is 17.2 Å². The summed E-state index contributed by atoms with van der Waals surface area (Å²) in [5, 5.41) is 3.05. The molecule has 0 spiro atoms. The molecule has 0 aliphatic heterocycles. The molecule has 3 aromatic heterocycles. The van der Waals surface area contributed by atoms with Gasteiger partial charge < -0.3 is 16.2 Å². The Morgan fingerprint density at radius 1 is 1.30 bits per heavy atom. The van der Waals surface area contributed by atoms with Crippen LogP contribution in [0.15, 0.2) is 65.9 Å². The molecule has 1 aliphatic rings. The standard InChI is InChI=1S/C19H21N7O/c20-16(13-3-4-14(10-13)27-15-2-1-6-22-12-15)11-18(21)25-19-17-5-7-24-26(17)9-8-23-19/h1-2,5-9,11-14H,3-4,10H2,(H4,20,21,23,25)/p+1/t13-,14+/m1/s1. The van der Waals surface area contributed by atoms with Gasteiger partial charge in [0.05, 0.1) is 24.7 Å². The van der Waals surface area contributed by atoms with Gasteiger partial charge >= 0.3 is 0 Å². The zero-order valence-corrected chi connectivity index (χ0v) is 14.8. The number of allylic oxidation sites excluding steroid dienone is 1. The molecule has 1 saturated carbocycles. The van der Waals surface area contributed by atoms with E-state index < -0.39 is 0 Å². The predicted molar refractivity (Wildman–Crippen MR) is 101 cm³/mol. The smallest absolute Gasteiger partial charge is 0.281 e. The van der Waals surface area contributed by atoms with Crippen molar-refractivity contribution in [2.24, 2.45) is 22.4 Å². The number of aromatic amines is 1. The number of nitrogens with one attached hydrogen (secondary N) is 1. The van der Waals surface area contributed by atoms with Crippen LogP contribution < -0.4 is 20.7 Å². The normalized spacial score (nSPS) is 20.9. The van der Waals surface area contributed by atoms with Gasteiger partial charge in [0.15, 0.2) is 0 Å². The van der Waals surface area contributed by atoms with Crippen LogP contribution in [0.2, 0.25) is 0 Å². The van der Waals surface area contributed by atoms with Gasteiger partial charge in [-0.2, -0.15) is 5.10 Å². The van der Waals surface area contributed by atoms with E-state index in [4.69, 9.17) is 16.2 Å². The van der Waals surface area contributed by atoms with Crippen LogP contribution in [0.3, 0.4) is 0 Å². The summed E-state index contributed by atoms with van der Waals surface area (Å²) in [5.74, 6) is 1.90. The first-order valence-electron chi connectivity index (χ1n) is 8.91. The SMILES string of the molecule is NC(/C=C(\N)[C@@H]1CC[C@H](Oc2cccnc2)C1)=Nc1ncc[n+]2[nH]ccc12. The summed E-state index contributed by atoms with van der Waals surface area (Å²) in [7, 11) is 0. The van der Waals surface area contributed by atoms with Crippen LogP contribution >= 0.6 is 0 Å². The first-order valence-corrected chi connectivity index (χ1v) is 8.91. The van der Waals surface area contributed by atoms with Crippen LogP contribution in [0.1, 0.15) is 19.3 Å². The maximum Gasteiger partial charge on any atom is 0.281 e. The molecule has 0 amide bonds. The van der Waals surface area contributed by atoms with Crippen molar-refractivity contribution in [2.75, 3.05) is 0 Å². The number of nitrogens with zero attached hydrogens (tertiary/aromatic N) is 4. The molecule has 0 bridgehead atoms. The Labute approximate surface area is 156 Å². The van der Waals surface area contributed by atoms with E-state index in [-0.39, 0.29) is 12.0 Å². The van der Waals surface area contributed by atoms with Gasteiger partial charge in [0.1, 0.15) is 11.6 Å². The molecule has 5 N–H and O–H groups in total. The van der Waals surface area contributed by atoms with E-state index in [9.17, 15) is 0 Å². The number of amidine groups is 1. The van der Waals surface area contributed by atoms with E-state index in [0.29, 0.717) is 11.7 Å². The number of hydrogen-bond acceptors (Lipinski definition) is 5. The predicted octanol–water partition coefficient (Wildman–Crippen LogP) is 1.62. The average molecular weight is 364 g/mol. The first-order chi connectivity index (χ1) is 13.2. The molecule has 138 valence electrons. The van der Waals surface area contributed by atoms with Crippen LogP contribution in [0, 0.1) is 5.92 Å². The molecule has 2 atom stereocenters. The number of nitrogens with two attached hydrogens (primary N) is 2. The fourth-order valence-electron chi connectivity index (χ4n) is 3.38. The topological polar surface area (TPSA) is 119 Å². The van der Waals surface area contributed by atoms with E-state index in [1.54, 1.807) is 24.7 Å². The van der Waals surface area contributed by atoms with E-state index in [2.05, 4.69) is 20.1 Å². The molecular weight excluding hydrogens is 342 g/mol. The minimum Gasteiger partial charge on any atom is -0.489 e. The number of H-pyrrole nitrogens is 1. The van der Waals surface area contributed by atoms with Crippen LogP contribution in [0.4, 0.5) is 5.82 Å². The maximum absolute atomic E-state index is 6.28. The Morgan fingerprint density at radius 2 is 2.22 bits per heavy atom. The number of ether oxygens (including phenoxy) is 1. The van der Waals surface area contributed by atoms with Gasteiger partial charge in [-0.1, -0.05) is 4.52 Å². The summed E-state index contributed by atoms with van der Waals surface area (Å²) in [4.78, 5) is 12.8. The van der Waals surface area contributed by atoms with Gasteiger partial charge in [-0.05, 0) is 37.5 Å². The van der Waals surface area contributed by atoms with Crippen LogP contribution in [0.25, 0.3) is 5.52 Å². The highest BCUT2D eigenvalue weighted by atomic mass is 16.5. The zero-order valence-electron chi connectivity index (χ0n) is 14.8. The molecule has 0 saturated heterocycles. The van der Waals surface area contributed by atoms with Gasteiger partial charge in [-0.15, -0.1) is 0 Å². The second kappa shape index (κ2) is 7.45. The summed E-state index contributed by atoms with van der Waals surface area (Å²) in [6.07, 6.45) is 13.4. The molecule has 0 aromatic carbocycles. The third kappa shape index (κ3) is 3.89. The van der Waals surface area contributed by atoms with Gasteiger partial charge in [-0.25, -0.2) is 9.98 Å². The maximum atomic E-state index is 6.28. The fourth-order valence-corrected chi connectivity index (χ4v) is 3.38. The quantitative estimate of drug-likeness (QED) is 0.361. The molecule has 8 heteroatoms. The lowest BCUT2D eigenvalue weighted by Gasteiger charge is -2.14. The molecular formula is C19H22N7O+. The van der Waals surface area contributed by atoms with Crippen molar-refractivity contribution in [3.8, 4) is 5.75 Å². The van der Waals surface area contributed by atoms with Crippen molar-refractivity contribution in [1.29, 1.82) is 0 Å². The molecule has 27 heavy (non-hydrogen) atoms. The van der Waals surface area contributed by atoms with Gasteiger partial charge in [0, 0.05) is 23.9 Å². The van der Waals surface area contributed by atoms with E-state index >= 15 is 0 Å². The minimum absolute atomic E-state index is 0.135. The molecule has 3 heterocycles. The van der Waals surface area contributed by atoms with Crippen molar-refractivity contribution in [3.05, 3.63) is 61.0 Å². The lowest BCUT2D eigenvalue weighted by atomic mass is 10.0. The molecule has 0 unspecified atom stereocenters. The van der Waals surface area contributed by atoms with Gasteiger partial charge in [-0.3, -0.25) is 4.98 Å². The Hall–Kier alpha value is -3.42. The highest BCUT2D eigenvalue weighted by Crippen LogP contribution is 2.32. The van der Waals surface area contributed by atoms with E-state index in [1.807, 2.05) is 35.1 Å². The Morgan fingerprint density at radius 3 is 3.07 bits per heavy atom. The Balaban J connectivity index is 1.43. The number of aliphatic imine (C=N–C) groups is 1. The average Bonchev–Trinajstić information content (AvgIpc) is 3.32. The number of rotatable bonds is 5. The van der Waals surface area contributed by atoms with Crippen LogP contribution in [-0.4, -0.2) is 27.0 Å². The summed E-state index contributed by atoms with van der Waals surface area (Å²) >= 11 is 0. The monoisotopic (exact) mass is 364 g/mol. The van der Waals surface area contributed by atoms with Crippen molar-refractivity contribution in [1.82, 2.24) is 15.1 Å². The highest BCUT2D eigenvalue weighted by Gasteiger charge is 2.28. The van der Waals surface area contributed by atoms with E-state index in [1.165, 1.54) is 0 Å². The molecule has 8 nitrogen and oxygen atoms in total. The fraction of sp³-hybridized carbons (Fsp3) is 0.263. The van der Waals surface area contributed by atoms with Gasteiger partial charge in [0.25, 0.3) is 5.52 Å². The highest BCUT2D eigenvalue weighted by molar-refractivity contribution is 5.94. The largest absolute Gasteiger partial charge is 0.489 e. The summed E-state index contributed by atoms with van der Waals surface area (Å²) < 4.78 is 7.80. The van der Waals surface area contributed by atoms with Crippen molar-refractivity contribution in [3.63, 3.8) is 0 Å². The third-order valence-corrected chi connectivity index (χ3v) is 4.70. The third-order valence-electron chi connectivity index (χ3n) is 4.70. The lowest BCUT2D eigenvalue weighted by Crippen LogP contribution is -2.22.